The maximum atomic E-state index is 10.6. The van der Waals surface area contributed by atoms with Gasteiger partial charge in [-0.2, -0.15) is 0 Å². The van der Waals surface area contributed by atoms with Gasteiger partial charge in [-0.05, 0) is 24.3 Å². The van der Waals surface area contributed by atoms with Crippen molar-refractivity contribution in [2.45, 2.75) is 6.42 Å². The number of hydrogen-bond acceptors (Lipinski definition) is 3. The topological polar surface area (TPSA) is 63.4 Å². The largest absolute Gasteiger partial charge is 0.374 e. The van der Waals surface area contributed by atoms with E-state index in [0.29, 0.717) is 18.5 Å². The van der Waals surface area contributed by atoms with Gasteiger partial charge in [-0.3, -0.25) is 9.59 Å². The van der Waals surface area contributed by atoms with E-state index in [4.69, 9.17) is 5.73 Å². The molecule has 0 aliphatic rings. The monoisotopic (exact) mass is 206 g/mol. The summed E-state index contributed by atoms with van der Waals surface area (Å²) in [6.45, 7) is 0.579. The van der Waals surface area contributed by atoms with Gasteiger partial charge < -0.3 is 10.6 Å². The fraction of sp³-hybridized carbons (Fsp3) is 0.273. The first-order valence-electron chi connectivity index (χ1n) is 4.68. The SMILES string of the molecule is CN(CCC(N)=O)c1ccc(C=O)cc1. The Kier molecular flexibility index (Phi) is 3.85. The quantitative estimate of drug-likeness (QED) is 0.725. The summed E-state index contributed by atoms with van der Waals surface area (Å²) in [5.41, 5.74) is 6.65. The lowest BCUT2D eigenvalue weighted by Crippen LogP contribution is -2.24. The van der Waals surface area contributed by atoms with Crippen LogP contribution in [0.2, 0.25) is 0 Å². The van der Waals surface area contributed by atoms with Gasteiger partial charge in [0.15, 0.2) is 0 Å². The van der Waals surface area contributed by atoms with Gasteiger partial charge in [-0.15, -0.1) is 0 Å². The molecule has 0 bridgehead atoms. The minimum absolute atomic E-state index is 0.314. The minimum atomic E-state index is -0.314. The Morgan fingerprint density at radius 1 is 1.40 bits per heavy atom. The Morgan fingerprint density at radius 3 is 2.47 bits per heavy atom. The van der Waals surface area contributed by atoms with Crippen LogP contribution < -0.4 is 10.6 Å². The van der Waals surface area contributed by atoms with Crippen LogP contribution in [0.5, 0.6) is 0 Å². The standard InChI is InChI=1S/C11H14N2O2/c1-13(7-6-11(12)15)10-4-2-9(8-14)3-5-10/h2-5,8H,6-7H2,1H3,(H2,12,15). The van der Waals surface area contributed by atoms with Crippen LogP contribution in [0.25, 0.3) is 0 Å². The molecule has 80 valence electrons. The number of aldehydes is 1. The molecule has 1 amide bonds. The van der Waals surface area contributed by atoms with Crippen molar-refractivity contribution in [3.63, 3.8) is 0 Å². The molecule has 1 aromatic carbocycles. The van der Waals surface area contributed by atoms with Crippen LogP contribution in [0.1, 0.15) is 16.8 Å². The molecule has 0 saturated heterocycles. The Balaban J connectivity index is 2.61. The number of nitrogens with two attached hydrogens (primary N) is 1. The Hall–Kier alpha value is -1.84. The number of amides is 1. The fourth-order valence-electron chi connectivity index (χ4n) is 1.21. The van der Waals surface area contributed by atoms with Crippen LogP contribution in [0.3, 0.4) is 0 Å². The number of hydrogen-bond donors (Lipinski definition) is 1. The van der Waals surface area contributed by atoms with Gasteiger partial charge in [0.25, 0.3) is 0 Å². The van der Waals surface area contributed by atoms with Gasteiger partial charge in [0.05, 0.1) is 0 Å². The molecule has 0 spiro atoms. The summed E-state index contributed by atoms with van der Waals surface area (Å²) in [4.78, 5) is 22.9. The summed E-state index contributed by atoms with van der Waals surface area (Å²) in [5, 5.41) is 0. The molecule has 0 aliphatic carbocycles. The van der Waals surface area contributed by atoms with Crippen molar-refractivity contribution in [3.8, 4) is 0 Å². The van der Waals surface area contributed by atoms with Gasteiger partial charge in [0.2, 0.25) is 5.91 Å². The van der Waals surface area contributed by atoms with E-state index in [2.05, 4.69) is 0 Å². The van der Waals surface area contributed by atoms with E-state index in [0.717, 1.165) is 12.0 Å². The molecule has 0 saturated carbocycles. The van der Waals surface area contributed by atoms with Crippen LogP contribution in [0.15, 0.2) is 24.3 Å². The predicted octanol–water partition coefficient (Wildman–Crippen LogP) is 0.811. The molecule has 4 nitrogen and oxygen atoms in total. The Morgan fingerprint density at radius 2 is 2.00 bits per heavy atom. The highest BCUT2D eigenvalue weighted by molar-refractivity contribution is 5.76. The van der Waals surface area contributed by atoms with Gasteiger partial charge in [0, 0.05) is 31.3 Å². The van der Waals surface area contributed by atoms with E-state index in [1.807, 2.05) is 24.1 Å². The number of carbonyl (C=O) groups is 2. The number of primary amides is 1. The highest BCUT2D eigenvalue weighted by Gasteiger charge is 2.02. The van der Waals surface area contributed by atoms with Crippen molar-refractivity contribution in [2.24, 2.45) is 5.73 Å². The first kappa shape index (κ1) is 11.2. The molecule has 0 fully saturated rings. The zero-order valence-electron chi connectivity index (χ0n) is 8.64. The van der Waals surface area contributed by atoms with Crippen molar-refractivity contribution in [1.29, 1.82) is 0 Å². The molecule has 0 aromatic heterocycles. The van der Waals surface area contributed by atoms with Gasteiger partial charge in [-0.25, -0.2) is 0 Å². The predicted molar refractivity (Wildman–Crippen MR) is 58.9 cm³/mol. The molecule has 0 unspecified atom stereocenters. The number of rotatable bonds is 5. The first-order valence-corrected chi connectivity index (χ1v) is 4.68. The molecule has 0 aliphatic heterocycles. The lowest BCUT2D eigenvalue weighted by atomic mass is 10.2. The fourth-order valence-corrected chi connectivity index (χ4v) is 1.21. The number of carbonyl (C=O) groups excluding carboxylic acids is 2. The molecule has 15 heavy (non-hydrogen) atoms. The van der Waals surface area contributed by atoms with Crippen LogP contribution in [0, 0.1) is 0 Å². The average Bonchev–Trinajstić information content (AvgIpc) is 2.26. The van der Waals surface area contributed by atoms with Gasteiger partial charge in [0.1, 0.15) is 6.29 Å². The summed E-state index contributed by atoms with van der Waals surface area (Å²) in [6.07, 6.45) is 1.12. The highest BCUT2D eigenvalue weighted by Crippen LogP contribution is 2.12. The second kappa shape index (κ2) is 5.14. The molecule has 0 radical (unpaired) electrons. The van der Waals surface area contributed by atoms with Gasteiger partial charge in [-0.1, -0.05) is 0 Å². The maximum absolute atomic E-state index is 10.6. The summed E-state index contributed by atoms with van der Waals surface area (Å²) >= 11 is 0. The molecular weight excluding hydrogens is 192 g/mol. The number of nitrogens with zero attached hydrogens (tertiary/aromatic N) is 1. The Labute approximate surface area is 88.7 Å². The van der Waals surface area contributed by atoms with E-state index in [9.17, 15) is 9.59 Å². The van der Waals surface area contributed by atoms with Crippen LogP contribution in [0.4, 0.5) is 5.69 Å². The lowest BCUT2D eigenvalue weighted by Gasteiger charge is -2.18. The maximum Gasteiger partial charge on any atom is 0.219 e. The highest BCUT2D eigenvalue weighted by atomic mass is 16.1. The first-order chi connectivity index (χ1) is 7.13. The zero-order valence-corrected chi connectivity index (χ0v) is 8.64. The van der Waals surface area contributed by atoms with Crippen LogP contribution in [-0.4, -0.2) is 25.8 Å². The van der Waals surface area contributed by atoms with Crippen LogP contribution >= 0.6 is 0 Å². The average molecular weight is 206 g/mol. The lowest BCUT2D eigenvalue weighted by molar-refractivity contribution is -0.117. The normalized spacial score (nSPS) is 9.67. The van der Waals surface area contributed by atoms with Crippen molar-refractivity contribution in [2.75, 3.05) is 18.5 Å². The summed E-state index contributed by atoms with van der Waals surface area (Å²) in [6, 6.07) is 7.15. The van der Waals surface area contributed by atoms with Crippen molar-refractivity contribution < 1.29 is 9.59 Å². The molecule has 1 rings (SSSR count). The van der Waals surface area contributed by atoms with E-state index in [-0.39, 0.29) is 5.91 Å². The minimum Gasteiger partial charge on any atom is -0.374 e. The molecule has 0 heterocycles. The summed E-state index contributed by atoms with van der Waals surface area (Å²) in [7, 11) is 1.87. The second-order valence-corrected chi connectivity index (χ2v) is 3.35. The van der Waals surface area contributed by atoms with E-state index in [1.165, 1.54) is 0 Å². The van der Waals surface area contributed by atoms with E-state index in [1.54, 1.807) is 12.1 Å². The molecular formula is C11H14N2O2. The van der Waals surface area contributed by atoms with Crippen LogP contribution in [-0.2, 0) is 4.79 Å². The van der Waals surface area contributed by atoms with Crippen molar-refractivity contribution >= 4 is 17.9 Å². The number of benzene rings is 1. The second-order valence-electron chi connectivity index (χ2n) is 3.35. The molecule has 1 aromatic rings. The van der Waals surface area contributed by atoms with E-state index < -0.39 is 0 Å². The van der Waals surface area contributed by atoms with Gasteiger partial charge >= 0.3 is 0 Å². The summed E-state index contributed by atoms with van der Waals surface area (Å²) < 4.78 is 0. The molecule has 4 heteroatoms. The Bertz CT molecular complexity index is 346. The van der Waals surface area contributed by atoms with Crippen molar-refractivity contribution in [3.05, 3.63) is 29.8 Å². The summed E-state index contributed by atoms with van der Waals surface area (Å²) in [5.74, 6) is -0.314. The third-order valence-electron chi connectivity index (χ3n) is 2.16. The van der Waals surface area contributed by atoms with Crippen molar-refractivity contribution in [1.82, 2.24) is 0 Å². The third kappa shape index (κ3) is 3.42. The van der Waals surface area contributed by atoms with E-state index >= 15 is 0 Å². The smallest absolute Gasteiger partial charge is 0.219 e. The zero-order chi connectivity index (χ0) is 11.3. The third-order valence-corrected chi connectivity index (χ3v) is 2.16. The number of anilines is 1. The molecule has 2 N–H and O–H groups in total. The molecule has 0 atom stereocenters.